The minimum atomic E-state index is -0.236. The molecule has 3 aromatic rings. The number of ether oxygens (including phenoxy) is 3. The SMILES string of the molecule is C=CC(=O)N[C@H]1CCOC[C@H]1Nc1cc(-c2cccnc2Nc2c(Cl)c(OC)cc(OC)c2Cl)ncn1. The molecular formula is C25H26Cl2N6O4. The molecule has 1 saturated heterocycles. The molecule has 10 nitrogen and oxygen atoms in total. The van der Waals surface area contributed by atoms with Crippen molar-refractivity contribution in [2.75, 3.05) is 38.1 Å². The van der Waals surface area contributed by atoms with Crippen LogP contribution in [0.25, 0.3) is 11.3 Å². The topological polar surface area (TPSA) is 120 Å². The molecule has 4 rings (SSSR count). The van der Waals surface area contributed by atoms with Gasteiger partial charge in [0.1, 0.15) is 39.5 Å². The Morgan fingerprint density at radius 3 is 2.59 bits per heavy atom. The zero-order chi connectivity index (χ0) is 26.4. The highest BCUT2D eigenvalue weighted by Gasteiger charge is 2.27. The molecule has 1 amide bonds. The van der Waals surface area contributed by atoms with Gasteiger partial charge in [-0.3, -0.25) is 4.79 Å². The first kappa shape index (κ1) is 26.5. The summed E-state index contributed by atoms with van der Waals surface area (Å²) in [6.45, 7) is 4.49. The van der Waals surface area contributed by atoms with Gasteiger partial charge in [0.15, 0.2) is 0 Å². The monoisotopic (exact) mass is 544 g/mol. The molecule has 0 radical (unpaired) electrons. The summed E-state index contributed by atoms with van der Waals surface area (Å²) in [6.07, 6.45) is 5.00. The lowest BCUT2D eigenvalue weighted by atomic mass is 10.0. The van der Waals surface area contributed by atoms with Crippen molar-refractivity contribution < 1.29 is 19.0 Å². The number of aromatic nitrogens is 3. The van der Waals surface area contributed by atoms with Crippen molar-refractivity contribution in [3.8, 4) is 22.8 Å². The highest BCUT2D eigenvalue weighted by atomic mass is 35.5. The van der Waals surface area contributed by atoms with Crippen LogP contribution in [-0.4, -0.2) is 60.4 Å². The number of carbonyl (C=O) groups is 1. The predicted octanol–water partition coefficient (Wildman–Crippen LogP) is 4.48. The van der Waals surface area contributed by atoms with E-state index in [2.05, 4.69) is 37.5 Å². The van der Waals surface area contributed by atoms with Gasteiger partial charge in [-0.1, -0.05) is 29.8 Å². The fourth-order valence-corrected chi connectivity index (χ4v) is 4.49. The number of rotatable bonds is 9. The Morgan fingerprint density at radius 2 is 1.89 bits per heavy atom. The smallest absolute Gasteiger partial charge is 0.243 e. The number of benzene rings is 1. The average Bonchev–Trinajstić information content (AvgIpc) is 2.92. The summed E-state index contributed by atoms with van der Waals surface area (Å²) >= 11 is 13.1. The second-order valence-electron chi connectivity index (χ2n) is 8.03. The first-order chi connectivity index (χ1) is 17.9. The van der Waals surface area contributed by atoms with E-state index in [0.29, 0.717) is 59.7 Å². The number of anilines is 3. The normalized spacial score (nSPS) is 17.0. The molecule has 0 spiro atoms. The van der Waals surface area contributed by atoms with Gasteiger partial charge in [-0.15, -0.1) is 0 Å². The van der Waals surface area contributed by atoms with E-state index in [0.717, 1.165) is 0 Å². The maximum atomic E-state index is 11.9. The lowest BCUT2D eigenvalue weighted by Crippen LogP contribution is -2.52. The number of halogens is 2. The number of methoxy groups -OCH3 is 2. The van der Waals surface area contributed by atoms with Gasteiger partial charge in [0, 0.05) is 30.5 Å². The molecule has 12 heteroatoms. The molecule has 1 aromatic carbocycles. The van der Waals surface area contributed by atoms with E-state index >= 15 is 0 Å². The number of hydrogen-bond donors (Lipinski definition) is 3. The van der Waals surface area contributed by atoms with Crippen LogP contribution in [0.3, 0.4) is 0 Å². The number of nitrogens with one attached hydrogen (secondary N) is 3. The highest BCUT2D eigenvalue weighted by molar-refractivity contribution is 6.41. The molecule has 3 N–H and O–H groups in total. The second kappa shape index (κ2) is 12.1. The highest BCUT2D eigenvalue weighted by Crippen LogP contribution is 2.45. The van der Waals surface area contributed by atoms with Crippen molar-refractivity contribution in [1.29, 1.82) is 0 Å². The summed E-state index contributed by atoms with van der Waals surface area (Å²) in [5.41, 5.74) is 1.66. The standard InChI is InChI=1S/C25H26Cl2N6O4/c1-4-21(34)32-15-7-9-37-12-17(15)31-20-10-16(29-13-30-20)14-6-5-8-28-25(14)33-24-22(26)18(35-2)11-19(36-3)23(24)27/h4-6,8,10-11,13,15,17H,1,7,9,12H2,2-3H3,(H,28,33)(H,32,34)(H,29,30,31)/t15-,17+/m0/s1. The van der Waals surface area contributed by atoms with Gasteiger partial charge in [0.2, 0.25) is 5.91 Å². The lowest BCUT2D eigenvalue weighted by molar-refractivity contribution is -0.117. The molecule has 0 bridgehead atoms. The number of amides is 1. The minimum Gasteiger partial charge on any atom is -0.495 e. The number of nitrogens with zero attached hydrogens (tertiary/aromatic N) is 3. The van der Waals surface area contributed by atoms with Gasteiger partial charge in [0.25, 0.3) is 0 Å². The third kappa shape index (κ3) is 6.04. The molecule has 2 atom stereocenters. The maximum Gasteiger partial charge on any atom is 0.243 e. The maximum absolute atomic E-state index is 11.9. The summed E-state index contributed by atoms with van der Waals surface area (Å²) in [5.74, 6) is 1.57. The molecule has 3 heterocycles. The van der Waals surface area contributed by atoms with E-state index < -0.39 is 0 Å². The van der Waals surface area contributed by atoms with E-state index in [1.807, 2.05) is 6.07 Å². The van der Waals surface area contributed by atoms with Gasteiger partial charge in [0.05, 0.1) is 44.3 Å². The van der Waals surface area contributed by atoms with E-state index in [-0.39, 0.29) is 28.0 Å². The Balaban J connectivity index is 1.63. The minimum absolute atomic E-state index is 0.138. The predicted molar refractivity (Wildman–Crippen MR) is 143 cm³/mol. The van der Waals surface area contributed by atoms with Crippen molar-refractivity contribution in [3.05, 3.63) is 59.5 Å². The Morgan fingerprint density at radius 1 is 1.14 bits per heavy atom. The third-order valence-corrected chi connectivity index (χ3v) is 6.52. The first-order valence-electron chi connectivity index (χ1n) is 11.4. The van der Waals surface area contributed by atoms with Crippen LogP contribution in [0.4, 0.5) is 17.3 Å². The molecule has 0 aliphatic carbocycles. The van der Waals surface area contributed by atoms with Gasteiger partial charge in [-0.05, 0) is 24.6 Å². The number of hydrogen-bond acceptors (Lipinski definition) is 9. The third-order valence-electron chi connectivity index (χ3n) is 5.77. The van der Waals surface area contributed by atoms with Crippen LogP contribution in [0.1, 0.15) is 6.42 Å². The Labute approximate surface area is 224 Å². The Kier molecular flexibility index (Phi) is 8.65. The van der Waals surface area contributed by atoms with Gasteiger partial charge < -0.3 is 30.2 Å². The summed E-state index contributed by atoms with van der Waals surface area (Å²) in [7, 11) is 3.01. The quantitative estimate of drug-likeness (QED) is 0.335. The largest absolute Gasteiger partial charge is 0.495 e. The van der Waals surface area contributed by atoms with E-state index in [1.54, 1.807) is 24.4 Å². The summed E-state index contributed by atoms with van der Waals surface area (Å²) in [5, 5.41) is 10.0. The van der Waals surface area contributed by atoms with Crippen LogP contribution in [-0.2, 0) is 9.53 Å². The van der Waals surface area contributed by atoms with Crippen molar-refractivity contribution in [2.24, 2.45) is 0 Å². The average molecular weight is 545 g/mol. The molecule has 2 aromatic heterocycles. The molecule has 37 heavy (non-hydrogen) atoms. The van der Waals surface area contributed by atoms with Crippen molar-refractivity contribution in [1.82, 2.24) is 20.3 Å². The molecule has 1 aliphatic heterocycles. The first-order valence-corrected chi connectivity index (χ1v) is 12.1. The zero-order valence-corrected chi connectivity index (χ0v) is 21.8. The Hall–Kier alpha value is -3.60. The van der Waals surface area contributed by atoms with Crippen LogP contribution in [0.2, 0.25) is 10.0 Å². The molecule has 0 saturated carbocycles. The summed E-state index contributed by atoms with van der Waals surface area (Å²) in [4.78, 5) is 25.1. The van der Waals surface area contributed by atoms with E-state index in [9.17, 15) is 4.79 Å². The van der Waals surface area contributed by atoms with E-state index in [1.165, 1.54) is 26.6 Å². The fourth-order valence-electron chi connectivity index (χ4n) is 3.89. The van der Waals surface area contributed by atoms with Crippen LogP contribution >= 0.6 is 23.2 Å². The molecule has 1 aliphatic rings. The van der Waals surface area contributed by atoms with Crippen LogP contribution in [0, 0.1) is 0 Å². The van der Waals surface area contributed by atoms with Crippen LogP contribution in [0.15, 0.2) is 49.4 Å². The fraction of sp³-hybridized carbons (Fsp3) is 0.280. The molecule has 0 unspecified atom stereocenters. The number of pyridine rings is 1. The van der Waals surface area contributed by atoms with Crippen LogP contribution < -0.4 is 25.4 Å². The summed E-state index contributed by atoms with van der Waals surface area (Å²) < 4.78 is 16.3. The van der Waals surface area contributed by atoms with Crippen molar-refractivity contribution >= 4 is 46.4 Å². The van der Waals surface area contributed by atoms with Crippen LogP contribution in [0.5, 0.6) is 11.5 Å². The van der Waals surface area contributed by atoms with Gasteiger partial charge in [-0.25, -0.2) is 15.0 Å². The lowest BCUT2D eigenvalue weighted by Gasteiger charge is -2.32. The molecular weight excluding hydrogens is 519 g/mol. The molecule has 1 fully saturated rings. The Bertz CT molecular complexity index is 1260. The van der Waals surface area contributed by atoms with Crippen molar-refractivity contribution in [3.63, 3.8) is 0 Å². The zero-order valence-electron chi connectivity index (χ0n) is 20.3. The van der Waals surface area contributed by atoms with E-state index in [4.69, 9.17) is 37.4 Å². The number of carbonyl (C=O) groups excluding carboxylic acids is 1. The summed E-state index contributed by atoms with van der Waals surface area (Å²) in [6, 6.07) is 6.73. The van der Waals surface area contributed by atoms with Gasteiger partial charge in [-0.2, -0.15) is 0 Å². The van der Waals surface area contributed by atoms with Gasteiger partial charge >= 0.3 is 0 Å². The van der Waals surface area contributed by atoms with Crippen molar-refractivity contribution in [2.45, 2.75) is 18.5 Å². The second-order valence-corrected chi connectivity index (χ2v) is 8.79. The molecule has 194 valence electrons.